The van der Waals surface area contributed by atoms with Crippen molar-refractivity contribution >= 4 is 23.2 Å². The first-order chi connectivity index (χ1) is 14.9. The van der Waals surface area contributed by atoms with E-state index in [2.05, 4.69) is 20.5 Å². The molecule has 7 nitrogen and oxygen atoms in total. The molecule has 0 fully saturated rings. The Kier molecular flexibility index (Phi) is 5.90. The van der Waals surface area contributed by atoms with Crippen LogP contribution in [0.4, 0.5) is 13.2 Å². The molecule has 1 N–H and O–H groups in total. The Morgan fingerprint density at radius 1 is 1.16 bits per heavy atom. The number of aromatic nitrogens is 5. The summed E-state index contributed by atoms with van der Waals surface area (Å²) in [5.74, 6) is -0.946. The Labute approximate surface area is 179 Å². The van der Waals surface area contributed by atoms with Crippen LogP contribution in [0.25, 0.3) is 16.9 Å². The highest BCUT2D eigenvalue weighted by Gasteiger charge is 2.21. The van der Waals surface area contributed by atoms with Gasteiger partial charge in [-0.25, -0.2) is 22.7 Å². The molecule has 0 saturated heterocycles. The number of benzene rings is 1. The number of alkyl halides is 2. The summed E-state index contributed by atoms with van der Waals surface area (Å²) in [5.41, 5.74) is 0.268. The molecule has 4 rings (SSSR count). The van der Waals surface area contributed by atoms with E-state index >= 15 is 0 Å². The van der Waals surface area contributed by atoms with Crippen LogP contribution in [-0.2, 0) is 6.54 Å². The maximum absolute atomic E-state index is 13.6. The zero-order valence-electron chi connectivity index (χ0n) is 16.0. The number of aryl methyl sites for hydroxylation is 1. The van der Waals surface area contributed by atoms with Gasteiger partial charge in [0.2, 0.25) is 0 Å². The summed E-state index contributed by atoms with van der Waals surface area (Å²) in [6.07, 6.45) is 2.12. The third-order valence-corrected chi connectivity index (χ3v) is 4.75. The molecule has 1 aromatic carbocycles. The lowest BCUT2D eigenvalue weighted by Crippen LogP contribution is -2.25. The minimum Gasteiger partial charge on any atom is -0.352 e. The third-order valence-electron chi connectivity index (χ3n) is 4.56. The van der Waals surface area contributed by atoms with Gasteiger partial charge in [-0.3, -0.25) is 9.48 Å². The predicted octanol–water partition coefficient (Wildman–Crippen LogP) is 4.14. The van der Waals surface area contributed by atoms with E-state index in [0.717, 1.165) is 4.52 Å². The van der Waals surface area contributed by atoms with Gasteiger partial charge in [0.25, 0.3) is 12.3 Å². The second-order valence-electron chi connectivity index (χ2n) is 6.70. The summed E-state index contributed by atoms with van der Waals surface area (Å²) in [5, 5.41) is 11.2. The highest BCUT2D eigenvalue weighted by Crippen LogP contribution is 2.27. The van der Waals surface area contributed by atoms with Gasteiger partial charge in [0.1, 0.15) is 17.1 Å². The molecule has 160 valence electrons. The van der Waals surface area contributed by atoms with Crippen LogP contribution in [0.2, 0.25) is 5.02 Å². The number of amides is 1. The van der Waals surface area contributed by atoms with Gasteiger partial charge in [0.15, 0.2) is 5.65 Å². The number of halogens is 4. The average Bonchev–Trinajstić information content (AvgIpc) is 3.36. The van der Waals surface area contributed by atoms with Crippen LogP contribution in [-0.4, -0.2) is 36.8 Å². The van der Waals surface area contributed by atoms with Gasteiger partial charge in [-0.15, -0.1) is 0 Å². The molecule has 0 aliphatic heterocycles. The molecule has 1 amide bonds. The number of nitrogens with zero attached hydrogens (tertiary/aromatic N) is 5. The lowest BCUT2D eigenvalue weighted by molar-refractivity contribution is 0.0953. The Morgan fingerprint density at radius 3 is 2.61 bits per heavy atom. The summed E-state index contributed by atoms with van der Waals surface area (Å²) < 4.78 is 43.0. The van der Waals surface area contributed by atoms with Gasteiger partial charge in [0.05, 0.1) is 23.1 Å². The van der Waals surface area contributed by atoms with Crippen molar-refractivity contribution in [2.45, 2.75) is 19.4 Å². The van der Waals surface area contributed by atoms with E-state index < -0.39 is 23.8 Å². The van der Waals surface area contributed by atoms with Crippen LogP contribution in [0.3, 0.4) is 0 Å². The van der Waals surface area contributed by atoms with Crippen molar-refractivity contribution in [2.75, 3.05) is 6.54 Å². The normalized spacial score (nSPS) is 11.4. The van der Waals surface area contributed by atoms with Gasteiger partial charge in [-0.1, -0.05) is 11.6 Å². The van der Waals surface area contributed by atoms with Gasteiger partial charge in [-0.2, -0.15) is 10.2 Å². The zero-order chi connectivity index (χ0) is 22.0. The quantitative estimate of drug-likeness (QED) is 0.431. The highest BCUT2D eigenvalue weighted by atomic mass is 35.5. The van der Waals surface area contributed by atoms with Crippen molar-refractivity contribution in [2.24, 2.45) is 0 Å². The van der Waals surface area contributed by atoms with E-state index in [1.807, 2.05) is 0 Å². The van der Waals surface area contributed by atoms with Crippen LogP contribution in [0.15, 0.2) is 48.9 Å². The SMILES string of the molecule is O=C(NCCCn1cc(Cl)cn1)c1cnn2c(C(F)F)cc(-c3ccc(F)cc3)nc12. The zero-order valence-corrected chi connectivity index (χ0v) is 16.7. The molecule has 4 aromatic rings. The molecule has 0 aliphatic carbocycles. The Balaban J connectivity index is 1.57. The third kappa shape index (κ3) is 4.53. The molecule has 31 heavy (non-hydrogen) atoms. The van der Waals surface area contributed by atoms with Crippen molar-refractivity contribution in [3.05, 3.63) is 71.0 Å². The lowest BCUT2D eigenvalue weighted by atomic mass is 10.1. The van der Waals surface area contributed by atoms with E-state index in [-0.39, 0.29) is 16.9 Å². The number of rotatable bonds is 7. The number of fused-ring (bicyclic) bond motifs is 1. The predicted molar refractivity (Wildman–Crippen MR) is 108 cm³/mol. The summed E-state index contributed by atoms with van der Waals surface area (Å²) in [6, 6.07) is 6.46. The molecule has 11 heteroatoms. The lowest BCUT2D eigenvalue weighted by Gasteiger charge is -2.09. The first-order valence-corrected chi connectivity index (χ1v) is 9.69. The van der Waals surface area contributed by atoms with Crippen LogP contribution in [0, 0.1) is 5.82 Å². The topological polar surface area (TPSA) is 77.1 Å². The maximum Gasteiger partial charge on any atom is 0.280 e. The second-order valence-corrected chi connectivity index (χ2v) is 7.14. The second kappa shape index (κ2) is 8.76. The summed E-state index contributed by atoms with van der Waals surface area (Å²) in [4.78, 5) is 17.0. The van der Waals surface area contributed by atoms with Crippen LogP contribution < -0.4 is 5.32 Å². The molecule has 0 unspecified atom stereocenters. The van der Waals surface area contributed by atoms with E-state index in [0.29, 0.717) is 30.1 Å². The van der Waals surface area contributed by atoms with Crippen molar-refractivity contribution in [3.8, 4) is 11.3 Å². The molecule has 0 spiro atoms. The molecule has 3 aromatic heterocycles. The fourth-order valence-corrected chi connectivity index (χ4v) is 3.23. The van der Waals surface area contributed by atoms with Gasteiger partial charge in [-0.05, 0) is 36.8 Å². The summed E-state index contributed by atoms with van der Waals surface area (Å²) in [6.45, 7) is 0.872. The van der Waals surface area contributed by atoms with E-state index in [4.69, 9.17) is 11.6 Å². The maximum atomic E-state index is 13.6. The summed E-state index contributed by atoms with van der Waals surface area (Å²) in [7, 11) is 0. The highest BCUT2D eigenvalue weighted by molar-refractivity contribution is 6.30. The number of carbonyl (C=O) groups excluding carboxylic acids is 1. The Bertz CT molecular complexity index is 1220. The van der Waals surface area contributed by atoms with Crippen molar-refractivity contribution < 1.29 is 18.0 Å². The van der Waals surface area contributed by atoms with Crippen molar-refractivity contribution in [1.29, 1.82) is 0 Å². The van der Waals surface area contributed by atoms with Crippen LogP contribution >= 0.6 is 11.6 Å². The fraction of sp³-hybridized carbons (Fsp3) is 0.200. The molecule has 0 aliphatic rings. The fourth-order valence-electron chi connectivity index (χ4n) is 3.07. The number of nitrogens with one attached hydrogen (secondary N) is 1. The minimum atomic E-state index is -2.85. The first-order valence-electron chi connectivity index (χ1n) is 9.31. The molecule has 3 heterocycles. The monoisotopic (exact) mass is 448 g/mol. The number of hydrogen-bond acceptors (Lipinski definition) is 4. The standard InChI is InChI=1S/C20H16ClF3N6O/c21-13-9-26-29(11-13)7-1-6-25-20(31)15-10-27-30-17(18(23)24)8-16(28-19(15)30)12-2-4-14(22)5-3-12/h2-5,8-11,18H,1,6-7H2,(H,25,31). The van der Waals surface area contributed by atoms with Gasteiger partial charge in [0, 0.05) is 24.8 Å². The van der Waals surface area contributed by atoms with E-state index in [9.17, 15) is 18.0 Å². The average molecular weight is 449 g/mol. The largest absolute Gasteiger partial charge is 0.352 e. The van der Waals surface area contributed by atoms with E-state index in [1.54, 1.807) is 10.9 Å². The van der Waals surface area contributed by atoms with Gasteiger partial charge >= 0.3 is 0 Å². The summed E-state index contributed by atoms with van der Waals surface area (Å²) >= 11 is 5.81. The number of carbonyl (C=O) groups is 1. The van der Waals surface area contributed by atoms with Gasteiger partial charge < -0.3 is 5.32 Å². The van der Waals surface area contributed by atoms with Crippen molar-refractivity contribution in [1.82, 2.24) is 29.7 Å². The Morgan fingerprint density at radius 2 is 1.94 bits per heavy atom. The smallest absolute Gasteiger partial charge is 0.280 e. The first kappa shape index (κ1) is 20.9. The molecule has 0 saturated carbocycles. The number of hydrogen-bond donors (Lipinski definition) is 1. The Hall–Kier alpha value is -3.40. The molecular weight excluding hydrogens is 433 g/mol. The molecule has 0 radical (unpaired) electrons. The molecule has 0 atom stereocenters. The van der Waals surface area contributed by atoms with Crippen molar-refractivity contribution in [3.63, 3.8) is 0 Å². The van der Waals surface area contributed by atoms with Crippen LogP contribution in [0.1, 0.15) is 28.9 Å². The van der Waals surface area contributed by atoms with E-state index in [1.165, 1.54) is 42.7 Å². The minimum absolute atomic E-state index is 0.00603. The molecule has 0 bridgehead atoms. The van der Waals surface area contributed by atoms with Crippen LogP contribution in [0.5, 0.6) is 0 Å². The molecular formula is C20H16ClF3N6O.